The zero-order chi connectivity index (χ0) is 19.3. The molecule has 1 unspecified atom stereocenters. The Morgan fingerprint density at radius 2 is 2.14 bits per heavy atom. The molecule has 5 rings (SSSR count). The van der Waals surface area contributed by atoms with Gasteiger partial charge in [0.15, 0.2) is 0 Å². The number of H-pyrrole nitrogens is 1. The van der Waals surface area contributed by atoms with E-state index in [1.165, 1.54) is 12.1 Å². The summed E-state index contributed by atoms with van der Waals surface area (Å²) >= 11 is 6.03. The minimum Gasteiger partial charge on any atom is -0.489 e. The molecule has 2 aromatic rings. The Hall–Kier alpha value is -2.35. The second-order valence-electron chi connectivity index (χ2n) is 8.17. The van der Waals surface area contributed by atoms with Crippen molar-refractivity contribution in [2.45, 2.75) is 31.3 Å². The SMILES string of the molecule is O=C(N1CCC(c2nnc[nH]2)C1)N1CC2(CC(Oc3ccc(F)cc3Cl)C2)C1. The maximum absolute atomic E-state index is 13.1. The second kappa shape index (κ2) is 6.62. The largest absolute Gasteiger partial charge is 0.489 e. The Kier molecular flexibility index (Phi) is 4.19. The Morgan fingerprint density at radius 1 is 1.32 bits per heavy atom. The topological polar surface area (TPSA) is 74.4 Å². The number of carbonyl (C=O) groups excluding carboxylic acids is 1. The molecule has 7 nitrogen and oxygen atoms in total. The van der Waals surface area contributed by atoms with E-state index in [0.29, 0.717) is 17.3 Å². The number of benzene rings is 1. The zero-order valence-corrected chi connectivity index (χ0v) is 16.0. The summed E-state index contributed by atoms with van der Waals surface area (Å²) in [6.45, 7) is 2.98. The van der Waals surface area contributed by atoms with Gasteiger partial charge in [0.25, 0.3) is 0 Å². The summed E-state index contributed by atoms with van der Waals surface area (Å²) in [5.41, 5.74) is 0.164. The summed E-state index contributed by atoms with van der Waals surface area (Å²) in [5.74, 6) is 1.24. The van der Waals surface area contributed by atoms with Gasteiger partial charge < -0.3 is 19.5 Å². The predicted octanol–water partition coefficient (Wildman–Crippen LogP) is 3.05. The molecule has 0 bridgehead atoms. The first kappa shape index (κ1) is 17.7. The first-order chi connectivity index (χ1) is 13.5. The number of rotatable bonds is 3. The smallest absolute Gasteiger partial charge is 0.320 e. The van der Waals surface area contributed by atoms with Gasteiger partial charge in [0.2, 0.25) is 0 Å². The molecule has 2 saturated heterocycles. The molecule has 1 spiro atoms. The molecular formula is C19H21ClFN5O2. The fourth-order valence-electron chi connectivity index (χ4n) is 4.67. The van der Waals surface area contributed by atoms with Crippen molar-refractivity contribution in [1.29, 1.82) is 0 Å². The molecule has 1 saturated carbocycles. The van der Waals surface area contributed by atoms with Crippen molar-refractivity contribution in [3.63, 3.8) is 0 Å². The van der Waals surface area contributed by atoms with Crippen molar-refractivity contribution in [1.82, 2.24) is 25.0 Å². The number of urea groups is 1. The molecule has 1 N–H and O–H groups in total. The van der Waals surface area contributed by atoms with Gasteiger partial charge in [-0.1, -0.05) is 11.6 Å². The van der Waals surface area contributed by atoms with Crippen molar-refractivity contribution in [2.75, 3.05) is 26.2 Å². The molecule has 1 aromatic carbocycles. The minimum atomic E-state index is -0.372. The van der Waals surface area contributed by atoms with E-state index in [9.17, 15) is 9.18 Å². The minimum absolute atomic E-state index is 0.0721. The molecule has 2 amide bonds. The summed E-state index contributed by atoms with van der Waals surface area (Å²) in [4.78, 5) is 19.6. The average molecular weight is 406 g/mol. The molecule has 1 aromatic heterocycles. The standard InChI is InChI=1S/C19H21ClFN5O2/c20-15-5-13(21)1-2-16(15)28-14-6-19(7-14)9-26(10-19)18(27)25-4-3-12(8-25)17-22-11-23-24-17/h1-2,5,11-12,14H,3-4,6-10H2,(H,22,23,24). The third-order valence-electron chi connectivity index (χ3n) is 6.11. The lowest BCUT2D eigenvalue weighted by atomic mass is 9.62. The highest BCUT2D eigenvalue weighted by molar-refractivity contribution is 6.32. The second-order valence-corrected chi connectivity index (χ2v) is 8.57. The summed E-state index contributed by atoms with van der Waals surface area (Å²) in [5, 5.41) is 8.19. The van der Waals surface area contributed by atoms with Crippen LogP contribution in [0.2, 0.25) is 5.02 Å². The summed E-state index contributed by atoms with van der Waals surface area (Å²) < 4.78 is 19.0. The highest BCUT2D eigenvalue weighted by Crippen LogP contribution is 2.50. The molecule has 3 heterocycles. The van der Waals surface area contributed by atoms with Crippen LogP contribution < -0.4 is 4.74 Å². The Balaban J connectivity index is 1.10. The number of halogens is 2. The van der Waals surface area contributed by atoms with E-state index in [2.05, 4.69) is 15.2 Å². The number of nitrogens with zero attached hydrogens (tertiary/aromatic N) is 4. The van der Waals surface area contributed by atoms with Crippen LogP contribution in [0.5, 0.6) is 5.75 Å². The first-order valence-electron chi connectivity index (χ1n) is 9.53. The highest BCUT2D eigenvalue weighted by Gasteiger charge is 2.55. The fraction of sp³-hybridized carbons (Fsp3) is 0.526. The maximum atomic E-state index is 13.1. The molecular weight excluding hydrogens is 385 g/mol. The van der Waals surface area contributed by atoms with Crippen molar-refractivity contribution in [3.05, 3.63) is 41.2 Å². The van der Waals surface area contributed by atoms with Crippen LogP contribution in [0, 0.1) is 11.2 Å². The molecule has 28 heavy (non-hydrogen) atoms. The number of likely N-dealkylation sites (tertiary alicyclic amines) is 2. The van der Waals surface area contributed by atoms with Gasteiger partial charge in [0, 0.05) is 37.5 Å². The number of hydrogen-bond donors (Lipinski definition) is 1. The molecule has 3 aliphatic rings. The predicted molar refractivity (Wildman–Crippen MR) is 99.8 cm³/mol. The van der Waals surface area contributed by atoms with Crippen molar-refractivity contribution >= 4 is 17.6 Å². The van der Waals surface area contributed by atoms with E-state index in [0.717, 1.165) is 44.7 Å². The summed E-state index contributed by atoms with van der Waals surface area (Å²) in [7, 11) is 0. The fourth-order valence-corrected chi connectivity index (χ4v) is 4.88. The molecule has 3 fully saturated rings. The molecule has 0 radical (unpaired) electrons. The van der Waals surface area contributed by atoms with Gasteiger partial charge in [-0.2, -0.15) is 0 Å². The Labute approximate surface area is 166 Å². The van der Waals surface area contributed by atoms with Crippen molar-refractivity contribution in [2.24, 2.45) is 5.41 Å². The van der Waals surface area contributed by atoms with E-state index >= 15 is 0 Å². The van der Waals surface area contributed by atoms with Gasteiger partial charge in [-0.3, -0.25) is 0 Å². The number of aromatic nitrogens is 3. The van der Waals surface area contributed by atoms with Gasteiger partial charge in [0.05, 0.1) is 5.02 Å². The quantitative estimate of drug-likeness (QED) is 0.851. The number of ether oxygens (including phenoxy) is 1. The van der Waals surface area contributed by atoms with E-state index in [4.69, 9.17) is 16.3 Å². The lowest BCUT2D eigenvalue weighted by Crippen LogP contribution is -2.67. The van der Waals surface area contributed by atoms with Crippen LogP contribution in [-0.4, -0.2) is 63.3 Å². The molecule has 1 aliphatic carbocycles. The van der Waals surface area contributed by atoms with Gasteiger partial charge in [-0.15, -0.1) is 10.2 Å². The normalized spacial score (nSPS) is 23.6. The third kappa shape index (κ3) is 3.09. The number of hydrogen-bond acceptors (Lipinski definition) is 4. The van der Waals surface area contributed by atoms with Crippen LogP contribution in [0.1, 0.15) is 31.0 Å². The van der Waals surface area contributed by atoms with Crippen LogP contribution in [0.25, 0.3) is 0 Å². The zero-order valence-electron chi connectivity index (χ0n) is 15.3. The lowest BCUT2D eigenvalue weighted by Gasteiger charge is -2.58. The monoisotopic (exact) mass is 405 g/mol. The van der Waals surface area contributed by atoms with Gasteiger partial charge in [-0.25, -0.2) is 9.18 Å². The van der Waals surface area contributed by atoms with Crippen LogP contribution in [0.3, 0.4) is 0 Å². The first-order valence-corrected chi connectivity index (χ1v) is 9.91. The third-order valence-corrected chi connectivity index (χ3v) is 6.41. The van der Waals surface area contributed by atoms with Crippen molar-refractivity contribution < 1.29 is 13.9 Å². The maximum Gasteiger partial charge on any atom is 0.320 e. The van der Waals surface area contributed by atoms with Gasteiger partial charge >= 0.3 is 6.03 Å². The van der Waals surface area contributed by atoms with Gasteiger partial charge in [0.1, 0.15) is 29.8 Å². The summed E-state index contributed by atoms with van der Waals surface area (Å²) in [6, 6.07) is 4.29. The van der Waals surface area contributed by atoms with Crippen molar-refractivity contribution in [3.8, 4) is 5.75 Å². The van der Waals surface area contributed by atoms with Crippen LogP contribution >= 0.6 is 11.6 Å². The highest BCUT2D eigenvalue weighted by atomic mass is 35.5. The molecule has 1 atom stereocenters. The molecule has 2 aliphatic heterocycles. The number of carbonyl (C=O) groups is 1. The lowest BCUT2D eigenvalue weighted by molar-refractivity contribution is -0.103. The average Bonchev–Trinajstić information content (AvgIpc) is 3.28. The van der Waals surface area contributed by atoms with E-state index < -0.39 is 0 Å². The number of nitrogens with one attached hydrogen (secondary N) is 1. The van der Waals surface area contributed by atoms with E-state index in [-0.39, 0.29) is 29.3 Å². The number of amides is 2. The van der Waals surface area contributed by atoms with Crippen LogP contribution in [0.4, 0.5) is 9.18 Å². The number of aromatic amines is 1. The summed E-state index contributed by atoms with van der Waals surface area (Å²) in [6.07, 6.45) is 4.35. The molecule has 148 valence electrons. The van der Waals surface area contributed by atoms with Crippen LogP contribution in [-0.2, 0) is 0 Å². The van der Waals surface area contributed by atoms with Crippen LogP contribution in [0.15, 0.2) is 24.5 Å². The Morgan fingerprint density at radius 3 is 2.86 bits per heavy atom. The van der Waals surface area contributed by atoms with Gasteiger partial charge in [-0.05, 0) is 37.5 Å². The molecule has 9 heteroatoms. The van der Waals surface area contributed by atoms with E-state index in [1.54, 1.807) is 12.4 Å². The Bertz CT molecular complexity index is 878. The van der Waals surface area contributed by atoms with E-state index in [1.807, 2.05) is 9.80 Å².